The van der Waals surface area contributed by atoms with Crippen molar-refractivity contribution in [3.8, 4) is 0 Å². The fraction of sp³-hybridized carbons (Fsp3) is 0.533. The normalized spacial score (nSPS) is 12.9. The topological polar surface area (TPSA) is 89.3 Å². The van der Waals surface area contributed by atoms with Crippen LogP contribution in [0.25, 0.3) is 0 Å². The van der Waals surface area contributed by atoms with Gasteiger partial charge in [0.2, 0.25) is 5.91 Å². The van der Waals surface area contributed by atoms with E-state index in [1.54, 1.807) is 24.3 Å². The number of carbonyl (C=O) groups excluding carboxylic acids is 1. The molecule has 1 amide bonds. The molecular weight excluding hydrogens is 288 g/mol. The van der Waals surface area contributed by atoms with Crippen LogP contribution in [-0.2, 0) is 21.2 Å². The van der Waals surface area contributed by atoms with Crippen LogP contribution in [-0.4, -0.2) is 25.3 Å². The summed E-state index contributed by atoms with van der Waals surface area (Å²) < 4.78 is 24.1. The highest BCUT2D eigenvalue weighted by atomic mass is 32.2. The number of benzene rings is 1. The number of amides is 1. The third-order valence-corrected chi connectivity index (χ3v) is 5.55. The summed E-state index contributed by atoms with van der Waals surface area (Å²) in [7, 11) is -3.40. The fourth-order valence-electron chi connectivity index (χ4n) is 1.86. The Morgan fingerprint density at radius 3 is 2.38 bits per heavy atom. The molecule has 1 unspecified atom stereocenters. The van der Waals surface area contributed by atoms with Crippen molar-refractivity contribution in [2.75, 3.05) is 11.1 Å². The van der Waals surface area contributed by atoms with Crippen LogP contribution in [0.1, 0.15) is 38.7 Å². The van der Waals surface area contributed by atoms with E-state index < -0.39 is 21.0 Å². The van der Waals surface area contributed by atoms with Crippen molar-refractivity contribution in [3.63, 3.8) is 0 Å². The molecule has 0 fully saturated rings. The van der Waals surface area contributed by atoms with Gasteiger partial charge in [0.05, 0.1) is 5.75 Å². The van der Waals surface area contributed by atoms with Crippen LogP contribution in [0.3, 0.4) is 0 Å². The van der Waals surface area contributed by atoms with Gasteiger partial charge >= 0.3 is 0 Å². The molecule has 0 aliphatic carbocycles. The predicted octanol–water partition coefficient (Wildman–Crippen LogP) is 2.08. The van der Waals surface area contributed by atoms with Gasteiger partial charge in [0.1, 0.15) is 5.25 Å². The smallest absolute Gasteiger partial charge is 0.242 e. The molecule has 6 heteroatoms. The zero-order chi connectivity index (χ0) is 15.9. The Morgan fingerprint density at radius 1 is 1.24 bits per heavy atom. The van der Waals surface area contributed by atoms with Crippen LogP contribution < -0.4 is 11.1 Å². The molecule has 0 aliphatic heterocycles. The van der Waals surface area contributed by atoms with Gasteiger partial charge in [0, 0.05) is 12.2 Å². The maximum Gasteiger partial charge on any atom is 0.242 e. The monoisotopic (exact) mass is 312 g/mol. The highest BCUT2D eigenvalue weighted by molar-refractivity contribution is 7.92. The van der Waals surface area contributed by atoms with Gasteiger partial charge in [0.25, 0.3) is 0 Å². The number of unbranched alkanes of at least 4 members (excludes halogenated alkanes) is 2. The number of hydrogen-bond acceptors (Lipinski definition) is 4. The summed E-state index contributed by atoms with van der Waals surface area (Å²) >= 11 is 0. The van der Waals surface area contributed by atoms with Crippen molar-refractivity contribution >= 4 is 21.4 Å². The van der Waals surface area contributed by atoms with E-state index in [4.69, 9.17) is 5.73 Å². The first-order valence-corrected chi connectivity index (χ1v) is 8.93. The van der Waals surface area contributed by atoms with Crippen LogP contribution in [0.15, 0.2) is 24.3 Å². The molecule has 118 valence electrons. The first-order valence-electron chi connectivity index (χ1n) is 7.22. The van der Waals surface area contributed by atoms with Crippen LogP contribution in [0.2, 0.25) is 0 Å². The molecule has 1 aromatic rings. The number of nitrogens with two attached hydrogens (primary N) is 1. The standard InChI is InChI=1S/C15H24N2O3S/c1-3-4-5-10-21(19,20)12(2)15(18)17-14-8-6-13(11-16)7-9-14/h6-9,12H,3-5,10-11,16H2,1-2H3,(H,17,18). The van der Waals surface area contributed by atoms with E-state index in [1.165, 1.54) is 6.92 Å². The minimum Gasteiger partial charge on any atom is -0.326 e. The molecule has 0 saturated carbocycles. The Labute approximate surface area is 126 Å². The molecule has 0 saturated heterocycles. The van der Waals surface area contributed by atoms with Gasteiger partial charge in [0.15, 0.2) is 9.84 Å². The summed E-state index contributed by atoms with van der Waals surface area (Å²) in [6.07, 6.45) is 2.40. The largest absolute Gasteiger partial charge is 0.326 e. The lowest BCUT2D eigenvalue weighted by molar-refractivity contribution is -0.115. The summed E-state index contributed by atoms with van der Waals surface area (Å²) in [5.74, 6) is -0.436. The van der Waals surface area contributed by atoms with E-state index in [2.05, 4.69) is 5.32 Å². The highest BCUT2D eigenvalue weighted by Crippen LogP contribution is 2.13. The van der Waals surface area contributed by atoms with Crippen molar-refractivity contribution in [3.05, 3.63) is 29.8 Å². The van der Waals surface area contributed by atoms with Gasteiger partial charge in [-0.15, -0.1) is 0 Å². The molecule has 3 N–H and O–H groups in total. The van der Waals surface area contributed by atoms with Crippen LogP contribution in [0.4, 0.5) is 5.69 Å². The van der Waals surface area contributed by atoms with Crippen molar-refractivity contribution in [2.24, 2.45) is 5.73 Å². The lowest BCUT2D eigenvalue weighted by atomic mass is 10.2. The second-order valence-electron chi connectivity index (χ2n) is 5.11. The van der Waals surface area contributed by atoms with Crippen molar-refractivity contribution in [2.45, 2.75) is 44.9 Å². The van der Waals surface area contributed by atoms with E-state index >= 15 is 0 Å². The van der Waals surface area contributed by atoms with E-state index in [1.807, 2.05) is 6.92 Å². The van der Waals surface area contributed by atoms with Gasteiger partial charge in [-0.05, 0) is 31.0 Å². The molecule has 0 bridgehead atoms. The predicted molar refractivity (Wildman–Crippen MR) is 85.7 cm³/mol. The van der Waals surface area contributed by atoms with E-state index in [0.717, 1.165) is 18.4 Å². The molecule has 0 spiro atoms. The number of carbonyl (C=O) groups is 1. The average Bonchev–Trinajstić information content (AvgIpc) is 2.47. The Balaban J connectivity index is 2.64. The number of sulfone groups is 1. The maximum atomic E-state index is 12.1. The first kappa shape index (κ1) is 17.7. The van der Waals surface area contributed by atoms with Gasteiger partial charge in [-0.3, -0.25) is 4.79 Å². The van der Waals surface area contributed by atoms with Gasteiger partial charge < -0.3 is 11.1 Å². The zero-order valence-corrected chi connectivity index (χ0v) is 13.4. The lowest BCUT2D eigenvalue weighted by Gasteiger charge is -2.13. The molecule has 1 rings (SSSR count). The summed E-state index contributed by atoms with van der Waals surface area (Å²) in [5, 5.41) is 1.59. The minimum absolute atomic E-state index is 0.0571. The van der Waals surface area contributed by atoms with Crippen LogP contribution >= 0.6 is 0 Å². The number of anilines is 1. The highest BCUT2D eigenvalue weighted by Gasteiger charge is 2.27. The van der Waals surface area contributed by atoms with Crippen molar-refractivity contribution < 1.29 is 13.2 Å². The SMILES string of the molecule is CCCCCS(=O)(=O)C(C)C(=O)Nc1ccc(CN)cc1. The summed E-state index contributed by atoms with van der Waals surface area (Å²) in [4.78, 5) is 12.0. The van der Waals surface area contributed by atoms with E-state index in [0.29, 0.717) is 18.7 Å². The second-order valence-corrected chi connectivity index (χ2v) is 7.55. The number of nitrogens with one attached hydrogen (secondary N) is 1. The Bertz CT molecular complexity index is 553. The van der Waals surface area contributed by atoms with E-state index in [9.17, 15) is 13.2 Å². The maximum absolute atomic E-state index is 12.1. The van der Waals surface area contributed by atoms with Crippen LogP contribution in [0.5, 0.6) is 0 Å². The summed E-state index contributed by atoms with van der Waals surface area (Å²) in [6, 6.07) is 7.04. The summed E-state index contributed by atoms with van der Waals surface area (Å²) in [5.41, 5.74) is 7.03. The molecule has 1 aromatic carbocycles. The number of hydrogen-bond donors (Lipinski definition) is 2. The second kappa shape index (κ2) is 8.14. The molecule has 0 aliphatic rings. The molecule has 21 heavy (non-hydrogen) atoms. The molecular formula is C15H24N2O3S. The lowest BCUT2D eigenvalue weighted by Crippen LogP contribution is -2.34. The average molecular weight is 312 g/mol. The Morgan fingerprint density at radius 2 is 1.86 bits per heavy atom. The van der Waals surface area contributed by atoms with Gasteiger partial charge in [-0.25, -0.2) is 8.42 Å². The molecule has 0 radical (unpaired) electrons. The molecule has 0 aromatic heterocycles. The third-order valence-electron chi connectivity index (χ3n) is 3.40. The molecule has 1 atom stereocenters. The van der Waals surface area contributed by atoms with E-state index in [-0.39, 0.29) is 5.75 Å². The molecule has 5 nitrogen and oxygen atoms in total. The Hall–Kier alpha value is -1.40. The van der Waals surface area contributed by atoms with Crippen molar-refractivity contribution in [1.29, 1.82) is 0 Å². The van der Waals surface area contributed by atoms with Gasteiger partial charge in [-0.1, -0.05) is 31.9 Å². The minimum atomic E-state index is -3.40. The number of rotatable bonds is 8. The first-order chi connectivity index (χ1) is 9.90. The Kier molecular flexibility index (Phi) is 6.84. The van der Waals surface area contributed by atoms with Crippen molar-refractivity contribution in [1.82, 2.24) is 0 Å². The quantitative estimate of drug-likeness (QED) is 0.719. The van der Waals surface area contributed by atoms with Crippen LogP contribution in [0, 0.1) is 0 Å². The summed E-state index contributed by atoms with van der Waals surface area (Å²) in [6.45, 7) is 3.87. The molecule has 0 heterocycles. The van der Waals surface area contributed by atoms with Gasteiger partial charge in [-0.2, -0.15) is 0 Å². The fourth-order valence-corrected chi connectivity index (χ4v) is 3.21. The third kappa shape index (κ3) is 5.47. The zero-order valence-electron chi connectivity index (χ0n) is 12.6.